The lowest BCUT2D eigenvalue weighted by Crippen LogP contribution is -2.22. The van der Waals surface area contributed by atoms with Crippen LogP contribution >= 0.6 is 0 Å². The molecule has 2 aromatic carbocycles. The van der Waals surface area contributed by atoms with Crippen LogP contribution < -0.4 is 20.1 Å². The molecule has 1 amide bonds. The third-order valence-corrected chi connectivity index (χ3v) is 4.47. The molecule has 0 aromatic heterocycles. The summed E-state index contributed by atoms with van der Waals surface area (Å²) in [5, 5.41) is 6.07. The van der Waals surface area contributed by atoms with Crippen LogP contribution in [0.2, 0.25) is 0 Å². The fraction of sp³-hybridized carbons (Fsp3) is 0.458. The van der Waals surface area contributed by atoms with Crippen molar-refractivity contribution in [3.63, 3.8) is 0 Å². The molecule has 0 spiro atoms. The molecule has 0 heterocycles. The van der Waals surface area contributed by atoms with Crippen LogP contribution in [0.3, 0.4) is 0 Å². The highest BCUT2D eigenvalue weighted by Gasteiger charge is 2.07. The Morgan fingerprint density at radius 2 is 1.66 bits per heavy atom. The smallest absolute Gasteiger partial charge is 0.243 e. The van der Waals surface area contributed by atoms with E-state index in [1.807, 2.05) is 48.5 Å². The van der Waals surface area contributed by atoms with E-state index in [1.165, 1.54) is 19.3 Å². The van der Waals surface area contributed by atoms with E-state index in [0.717, 1.165) is 42.1 Å². The van der Waals surface area contributed by atoms with Gasteiger partial charge in [-0.3, -0.25) is 4.79 Å². The Kier molecular flexibility index (Phi) is 10.5. The minimum absolute atomic E-state index is 0.117. The highest BCUT2D eigenvalue weighted by atomic mass is 16.5. The first-order chi connectivity index (χ1) is 14.2. The van der Waals surface area contributed by atoms with Gasteiger partial charge in [0, 0.05) is 11.8 Å². The molecule has 0 unspecified atom stereocenters. The van der Waals surface area contributed by atoms with Crippen LogP contribution in [-0.2, 0) is 4.79 Å². The molecular weight excluding hydrogens is 364 g/mol. The van der Waals surface area contributed by atoms with Gasteiger partial charge in [0.05, 0.1) is 25.4 Å². The molecule has 0 aliphatic carbocycles. The van der Waals surface area contributed by atoms with E-state index in [4.69, 9.17) is 9.47 Å². The lowest BCUT2D eigenvalue weighted by Gasteiger charge is -2.13. The van der Waals surface area contributed by atoms with E-state index >= 15 is 0 Å². The zero-order valence-corrected chi connectivity index (χ0v) is 17.7. The summed E-state index contributed by atoms with van der Waals surface area (Å²) in [5.41, 5.74) is 1.55. The highest BCUT2D eigenvalue weighted by Crippen LogP contribution is 2.24. The second-order valence-electron chi connectivity index (χ2n) is 7.04. The van der Waals surface area contributed by atoms with Crippen LogP contribution in [-0.4, -0.2) is 25.7 Å². The molecule has 2 rings (SSSR count). The van der Waals surface area contributed by atoms with Crippen molar-refractivity contribution >= 4 is 17.3 Å². The van der Waals surface area contributed by atoms with E-state index < -0.39 is 0 Å². The fourth-order valence-electron chi connectivity index (χ4n) is 2.83. The van der Waals surface area contributed by atoms with E-state index in [0.29, 0.717) is 13.2 Å². The molecule has 158 valence electrons. The van der Waals surface area contributed by atoms with Gasteiger partial charge in [-0.05, 0) is 37.1 Å². The second kappa shape index (κ2) is 13.5. The second-order valence-corrected chi connectivity index (χ2v) is 7.04. The Morgan fingerprint density at radius 1 is 0.862 bits per heavy atom. The maximum atomic E-state index is 12.3. The molecule has 5 nitrogen and oxygen atoms in total. The minimum Gasteiger partial charge on any atom is -0.494 e. The summed E-state index contributed by atoms with van der Waals surface area (Å²) in [4.78, 5) is 12.3. The number of benzene rings is 2. The van der Waals surface area contributed by atoms with Gasteiger partial charge in [-0.1, -0.05) is 57.7 Å². The van der Waals surface area contributed by atoms with Gasteiger partial charge >= 0.3 is 0 Å². The summed E-state index contributed by atoms with van der Waals surface area (Å²) in [5.74, 6) is 1.43. The van der Waals surface area contributed by atoms with Crippen molar-refractivity contribution in [1.82, 2.24) is 0 Å². The zero-order chi connectivity index (χ0) is 20.7. The van der Waals surface area contributed by atoms with Crippen LogP contribution in [0.4, 0.5) is 11.4 Å². The van der Waals surface area contributed by atoms with Crippen molar-refractivity contribution < 1.29 is 14.3 Å². The summed E-state index contributed by atoms with van der Waals surface area (Å²) in [7, 11) is 0. The molecule has 0 fully saturated rings. The lowest BCUT2D eigenvalue weighted by atomic mass is 10.2. The molecule has 0 saturated heterocycles. The van der Waals surface area contributed by atoms with Crippen molar-refractivity contribution in [2.24, 2.45) is 0 Å². The normalized spacial score (nSPS) is 10.4. The molecular formula is C24H34N2O3. The Hall–Kier alpha value is -2.69. The van der Waals surface area contributed by atoms with Crippen molar-refractivity contribution in [1.29, 1.82) is 0 Å². The van der Waals surface area contributed by atoms with Gasteiger partial charge in [-0.15, -0.1) is 0 Å². The van der Waals surface area contributed by atoms with Crippen LogP contribution in [0.5, 0.6) is 11.5 Å². The Balaban J connectivity index is 1.80. The Bertz CT molecular complexity index is 734. The number of hydrogen-bond donors (Lipinski definition) is 2. The summed E-state index contributed by atoms with van der Waals surface area (Å²) in [6.07, 6.45) is 6.77. The molecule has 29 heavy (non-hydrogen) atoms. The SMILES string of the molecule is CCCCCCOc1cccc(NC(=O)CNc2ccccc2OCCCC)c1. The lowest BCUT2D eigenvalue weighted by molar-refractivity contribution is -0.114. The number of unbranched alkanes of at least 4 members (excludes halogenated alkanes) is 4. The maximum absolute atomic E-state index is 12.3. The number of para-hydroxylation sites is 2. The van der Waals surface area contributed by atoms with Gasteiger partial charge in [0.2, 0.25) is 5.91 Å². The number of ether oxygens (including phenoxy) is 2. The molecule has 0 aliphatic heterocycles. The topological polar surface area (TPSA) is 59.6 Å². The predicted molar refractivity (Wildman–Crippen MR) is 120 cm³/mol. The average Bonchev–Trinajstić information content (AvgIpc) is 2.73. The number of anilines is 2. The minimum atomic E-state index is -0.117. The van der Waals surface area contributed by atoms with Gasteiger partial charge in [-0.2, -0.15) is 0 Å². The zero-order valence-electron chi connectivity index (χ0n) is 17.7. The fourth-order valence-corrected chi connectivity index (χ4v) is 2.83. The molecule has 0 radical (unpaired) electrons. The standard InChI is InChI=1S/C24H34N2O3/c1-3-5-7-10-17-28-21-13-11-12-20(18-21)26-24(27)19-25-22-14-8-9-15-23(22)29-16-6-4-2/h8-9,11-15,18,25H,3-7,10,16-17,19H2,1-2H3,(H,26,27). The van der Waals surface area contributed by atoms with Gasteiger partial charge in [0.15, 0.2) is 0 Å². The predicted octanol–water partition coefficient (Wildman–Crippen LogP) is 5.88. The third kappa shape index (κ3) is 8.90. The van der Waals surface area contributed by atoms with Gasteiger partial charge in [-0.25, -0.2) is 0 Å². The summed E-state index contributed by atoms with van der Waals surface area (Å²) in [6.45, 7) is 5.86. The molecule has 0 atom stereocenters. The third-order valence-electron chi connectivity index (χ3n) is 4.47. The van der Waals surface area contributed by atoms with Crippen molar-refractivity contribution in [3.05, 3.63) is 48.5 Å². The highest BCUT2D eigenvalue weighted by molar-refractivity contribution is 5.94. The number of carbonyl (C=O) groups excluding carboxylic acids is 1. The van der Waals surface area contributed by atoms with Crippen molar-refractivity contribution in [3.8, 4) is 11.5 Å². The average molecular weight is 399 g/mol. The Labute approximate surface area is 174 Å². The number of nitrogens with one attached hydrogen (secondary N) is 2. The van der Waals surface area contributed by atoms with Crippen LogP contribution in [0.15, 0.2) is 48.5 Å². The summed E-state index contributed by atoms with van der Waals surface area (Å²) in [6, 6.07) is 15.2. The van der Waals surface area contributed by atoms with Crippen molar-refractivity contribution in [2.45, 2.75) is 52.4 Å². The molecule has 0 bridgehead atoms. The van der Waals surface area contributed by atoms with E-state index in [9.17, 15) is 4.79 Å². The van der Waals surface area contributed by atoms with Crippen molar-refractivity contribution in [2.75, 3.05) is 30.4 Å². The summed E-state index contributed by atoms with van der Waals surface area (Å²) >= 11 is 0. The number of amides is 1. The number of hydrogen-bond acceptors (Lipinski definition) is 4. The quantitative estimate of drug-likeness (QED) is 0.390. The first-order valence-electron chi connectivity index (χ1n) is 10.7. The van der Waals surface area contributed by atoms with E-state index in [2.05, 4.69) is 24.5 Å². The summed E-state index contributed by atoms with van der Waals surface area (Å²) < 4.78 is 11.6. The monoisotopic (exact) mass is 398 g/mol. The molecule has 5 heteroatoms. The molecule has 2 N–H and O–H groups in total. The Morgan fingerprint density at radius 3 is 2.48 bits per heavy atom. The molecule has 0 aliphatic rings. The first kappa shape index (κ1) is 22.6. The van der Waals surface area contributed by atoms with Crippen LogP contribution in [0.1, 0.15) is 52.4 Å². The maximum Gasteiger partial charge on any atom is 0.243 e. The van der Waals surface area contributed by atoms with Crippen LogP contribution in [0.25, 0.3) is 0 Å². The van der Waals surface area contributed by atoms with Gasteiger partial charge in [0.25, 0.3) is 0 Å². The number of carbonyl (C=O) groups is 1. The largest absolute Gasteiger partial charge is 0.494 e. The number of rotatable bonds is 14. The van der Waals surface area contributed by atoms with E-state index in [1.54, 1.807) is 0 Å². The molecule has 2 aromatic rings. The molecule has 0 saturated carbocycles. The van der Waals surface area contributed by atoms with Gasteiger partial charge < -0.3 is 20.1 Å². The van der Waals surface area contributed by atoms with Crippen LogP contribution in [0, 0.1) is 0 Å². The first-order valence-corrected chi connectivity index (χ1v) is 10.7. The van der Waals surface area contributed by atoms with E-state index in [-0.39, 0.29) is 12.5 Å². The van der Waals surface area contributed by atoms with Gasteiger partial charge in [0.1, 0.15) is 11.5 Å².